The summed E-state index contributed by atoms with van der Waals surface area (Å²) in [4.78, 5) is 15.1. The number of aromatic nitrogens is 1. The molecule has 2 rings (SSSR count). The predicted octanol–water partition coefficient (Wildman–Crippen LogP) is 2.81. The van der Waals surface area contributed by atoms with Crippen molar-refractivity contribution in [3.05, 3.63) is 28.0 Å². The lowest BCUT2D eigenvalue weighted by molar-refractivity contribution is -0.128. The van der Waals surface area contributed by atoms with Gasteiger partial charge >= 0.3 is 0 Å². The normalized spacial score (nSPS) is 21.7. The maximum absolute atomic E-state index is 11.3. The Morgan fingerprint density at radius 3 is 2.60 bits per heavy atom. The second kappa shape index (κ2) is 4.47. The summed E-state index contributed by atoms with van der Waals surface area (Å²) in [5.74, 6) is 0.176. The molecule has 0 spiro atoms. The minimum atomic E-state index is -0.325. The van der Waals surface area contributed by atoms with Crippen molar-refractivity contribution in [2.45, 2.75) is 18.9 Å². The van der Waals surface area contributed by atoms with E-state index < -0.39 is 0 Å². The second-order valence-electron chi connectivity index (χ2n) is 3.37. The number of ketones is 1. The van der Waals surface area contributed by atoms with Gasteiger partial charge in [0.15, 0.2) is 0 Å². The van der Waals surface area contributed by atoms with Gasteiger partial charge in [0.25, 0.3) is 0 Å². The molecule has 1 aromatic heterocycles. The standard InChI is InChI=1S/C10H9Cl2NO2/c11-7-4-13-5-8(12)10(7)9-3-6(14)1-2-15-9/h4-5,9H,1-3H2. The zero-order valence-corrected chi connectivity index (χ0v) is 9.38. The van der Waals surface area contributed by atoms with E-state index >= 15 is 0 Å². The summed E-state index contributed by atoms with van der Waals surface area (Å²) in [6, 6.07) is 0. The zero-order chi connectivity index (χ0) is 10.8. The van der Waals surface area contributed by atoms with Crippen molar-refractivity contribution in [3.8, 4) is 0 Å². The highest BCUT2D eigenvalue weighted by Crippen LogP contribution is 2.35. The van der Waals surface area contributed by atoms with Gasteiger partial charge in [0.2, 0.25) is 0 Å². The smallest absolute Gasteiger partial charge is 0.138 e. The van der Waals surface area contributed by atoms with E-state index in [0.717, 1.165) is 0 Å². The fourth-order valence-electron chi connectivity index (χ4n) is 1.60. The number of nitrogens with zero attached hydrogens (tertiary/aromatic N) is 1. The van der Waals surface area contributed by atoms with E-state index in [1.54, 1.807) is 0 Å². The van der Waals surface area contributed by atoms with Crippen LogP contribution in [-0.4, -0.2) is 17.4 Å². The van der Waals surface area contributed by atoms with Crippen LogP contribution >= 0.6 is 23.2 Å². The summed E-state index contributed by atoms with van der Waals surface area (Å²) in [5, 5.41) is 0.893. The first-order valence-corrected chi connectivity index (χ1v) is 5.36. The molecule has 1 saturated heterocycles. The topological polar surface area (TPSA) is 39.2 Å². The third kappa shape index (κ3) is 2.30. The lowest BCUT2D eigenvalue weighted by Crippen LogP contribution is -2.20. The molecular formula is C10H9Cl2NO2. The van der Waals surface area contributed by atoms with Crippen molar-refractivity contribution in [1.82, 2.24) is 4.98 Å². The highest BCUT2D eigenvalue weighted by molar-refractivity contribution is 6.35. The van der Waals surface area contributed by atoms with E-state index in [-0.39, 0.29) is 11.9 Å². The molecule has 15 heavy (non-hydrogen) atoms. The molecule has 0 radical (unpaired) electrons. The average Bonchev–Trinajstić information content (AvgIpc) is 2.17. The molecule has 3 nitrogen and oxygen atoms in total. The monoisotopic (exact) mass is 245 g/mol. The Kier molecular flexibility index (Phi) is 3.24. The van der Waals surface area contributed by atoms with E-state index in [1.807, 2.05) is 0 Å². The van der Waals surface area contributed by atoms with Gasteiger partial charge in [-0.25, -0.2) is 0 Å². The van der Waals surface area contributed by atoms with Gasteiger partial charge in [-0.3, -0.25) is 9.78 Å². The quantitative estimate of drug-likeness (QED) is 0.764. The maximum atomic E-state index is 11.3. The molecule has 5 heteroatoms. The minimum absolute atomic E-state index is 0.176. The van der Waals surface area contributed by atoms with E-state index in [2.05, 4.69) is 4.98 Å². The van der Waals surface area contributed by atoms with Crippen LogP contribution in [0.3, 0.4) is 0 Å². The second-order valence-corrected chi connectivity index (χ2v) is 4.18. The maximum Gasteiger partial charge on any atom is 0.138 e. The van der Waals surface area contributed by atoms with Gasteiger partial charge in [-0.15, -0.1) is 0 Å². The molecule has 0 N–H and O–H groups in total. The first-order valence-electron chi connectivity index (χ1n) is 4.60. The number of rotatable bonds is 1. The molecule has 2 heterocycles. The molecule has 1 aliphatic heterocycles. The Bertz CT molecular complexity index is 375. The van der Waals surface area contributed by atoms with Crippen molar-refractivity contribution in [3.63, 3.8) is 0 Å². The third-order valence-corrected chi connectivity index (χ3v) is 2.93. The Hall–Kier alpha value is -0.640. The molecule has 80 valence electrons. The number of pyridine rings is 1. The number of Topliss-reactive ketones (excluding diaryl/α,β-unsaturated/α-hetero) is 1. The lowest BCUT2D eigenvalue weighted by Gasteiger charge is -2.23. The van der Waals surface area contributed by atoms with E-state index in [4.69, 9.17) is 27.9 Å². The molecule has 0 aliphatic carbocycles. The van der Waals surface area contributed by atoms with Crippen LogP contribution in [0, 0.1) is 0 Å². The van der Waals surface area contributed by atoms with Gasteiger partial charge in [0.1, 0.15) is 5.78 Å². The van der Waals surface area contributed by atoms with Gasteiger partial charge < -0.3 is 4.74 Å². The highest BCUT2D eigenvalue weighted by Gasteiger charge is 2.25. The molecule has 1 atom stereocenters. The fourth-order valence-corrected chi connectivity index (χ4v) is 2.21. The molecule has 0 aromatic carbocycles. The summed E-state index contributed by atoms with van der Waals surface area (Å²) >= 11 is 11.9. The molecule has 1 aromatic rings. The first kappa shape index (κ1) is 10.9. The fraction of sp³-hybridized carbons (Fsp3) is 0.400. The van der Waals surface area contributed by atoms with Gasteiger partial charge in [-0.1, -0.05) is 23.2 Å². The Labute approximate surface area is 97.4 Å². The number of carbonyl (C=O) groups excluding carboxylic acids is 1. The number of hydrogen-bond acceptors (Lipinski definition) is 3. The van der Waals surface area contributed by atoms with E-state index in [1.165, 1.54) is 12.4 Å². The van der Waals surface area contributed by atoms with Crippen molar-refractivity contribution in [1.29, 1.82) is 0 Å². The number of hydrogen-bond donors (Lipinski definition) is 0. The summed E-state index contributed by atoms with van der Waals surface area (Å²) in [6.07, 6.45) is 3.49. The van der Waals surface area contributed by atoms with Crippen LogP contribution in [0.4, 0.5) is 0 Å². The first-order chi connectivity index (χ1) is 7.18. The molecule has 0 saturated carbocycles. The Morgan fingerprint density at radius 1 is 1.33 bits per heavy atom. The summed E-state index contributed by atoms with van der Waals surface area (Å²) in [6.45, 7) is 0.429. The van der Waals surface area contributed by atoms with Crippen LogP contribution in [-0.2, 0) is 9.53 Å². The van der Waals surface area contributed by atoms with E-state index in [9.17, 15) is 4.79 Å². The lowest BCUT2D eigenvalue weighted by atomic mass is 10.0. The van der Waals surface area contributed by atoms with Crippen LogP contribution in [0.2, 0.25) is 10.0 Å². The van der Waals surface area contributed by atoms with E-state index in [0.29, 0.717) is 35.1 Å². The van der Waals surface area contributed by atoms with Crippen LogP contribution < -0.4 is 0 Å². The van der Waals surface area contributed by atoms with Crippen LogP contribution in [0.1, 0.15) is 24.5 Å². The average molecular weight is 246 g/mol. The SMILES string of the molecule is O=C1CCOC(c2c(Cl)cncc2Cl)C1. The van der Waals surface area contributed by atoms with Crippen molar-refractivity contribution >= 4 is 29.0 Å². The van der Waals surface area contributed by atoms with Crippen LogP contribution in [0.25, 0.3) is 0 Å². The van der Waals surface area contributed by atoms with Gasteiger partial charge in [-0.05, 0) is 0 Å². The van der Waals surface area contributed by atoms with Crippen molar-refractivity contribution in [2.24, 2.45) is 0 Å². The number of halogens is 2. The van der Waals surface area contributed by atoms with Crippen LogP contribution in [0.15, 0.2) is 12.4 Å². The summed E-state index contributed by atoms with van der Waals surface area (Å²) < 4.78 is 5.48. The Morgan fingerprint density at radius 2 is 2.00 bits per heavy atom. The van der Waals surface area contributed by atoms with Crippen molar-refractivity contribution < 1.29 is 9.53 Å². The zero-order valence-electron chi connectivity index (χ0n) is 7.87. The largest absolute Gasteiger partial charge is 0.372 e. The number of ether oxygens (including phenoxy) is 1. The third-order valence-electron chi connectivity index (χ3n) is 2.33. The Balaban J connectivity index is 2.32. The van der Waals surface area contributed by atoms with Gasteiger partial charge in [-0.2, -0.15) is 0 Å². The molecule has 0 bridgehead atoms. The molecule has 1 fully saturated rings. The van der Waals surface area contributed by atoms with Gasteiger partial charge in [0.05, 0.1) is 22.8 Å². The van der Waals surface area contributed by atoms with Crippen molar-refractivity contribution in [2.75, 3.05) is 6.61 Å². The molecule has 1 aliphatic rings. The van der Waals surface area contributed by atoms with Crippen LogP contribution in [0.5, 0.6) is 0 Å². The summed E-state index contributed by atoms with van der Waals surface area (Å²) in [5.41, 5.74) is 0.668. The molecule has 0 amide bonds. The molecular weight excluding hydrogens is 237 g/mol. The highest BCUT2D eigenvalue weighted by atomic mass is 35.5. The predicted molar refractivity (Wildman–Crippen MR) is 57.2 cm³/mol. The van der Waals surface area contributed by atoms with Gasteiger partial charge in [0, 0.05) is 30.8 Å². The summed E-state index contributed by atoms with van der Waals surface area (Å²) in [7, 11) is 0. The molecule has 1 unspecified atom stereocenters. The number of carbonyl (C=O) groups is 1. The minimum Gasteiger partial charge on any atom is -0.372 e.